The van der Waals surface area contributed by atoms with Crippen molar-refractivity contribution in [2.24, 2.45) is 0 Å². The number of piperidine rings is 1. The molecule has 3 N–H and O–H groups in total. The van der Waals surface area contributed by atoms with E-state index in [0.29, 0.717) is 43.6 Å². The number of carbonyl (C=O) groups is 4. The van der Waals surface area contributed by atoms with Crippen LogP contribution in [0.25, 0.3) is 10.1 Å². The van der Waals surface area contributed by atoms with Gasteiger partial charge in [-0.05, 0) is 61.3 Å². The summed E-state index contributed by atoms with van der Waals surface area (Å²) in [5.74, 6) is -1.32. The van der Waals surface area contributed by atoms with Crippen LogP contribution in [0.15, 0.2) is 54.6 Å². The lowest BCUT2D eigenvalue weighted by molar-refractivity contribution is -0.149. The Bertz CT molecular complexity index is 1780. The van der Waals surface area contributed by atoms with Gasteiger partial charge >= 0.3 is 13.3 Å². The average molecular weight is 703 g/mol. The number of halogens is 2. The van der Waals surface area contributed by atoms with Crippen molar-refractivity contribution in [3.05, 3.63) is 70.6 Å². The van der Waals surface area contributed by atoms with E-state index in [2.05, 4.69) is 17.4 Å². The first-order valence-corrected chi connectivity index (χ1v) is 18.4. The molecule has 0 bridgehead atoms. The number of amides is 4. The number of likely N-dealkylation sites (tertiary alicyclic amines) is 1. The fraction of sp³-hybridized carbons (Fsp3) is 0.455. The highest BCUT2D eigenvalue weighted by atomic mass is 32.1. The van der Waals surface area contributed by atoms with Crippen molar-refractivity contribution in [3.63, 3.8) is 0 Å². The summed E-state index contributed by atoms with van der Waals surface area (Å²) in [7, 11) is -5.79. The number of nitrogens with zero attached hydrogens (tertiary/aromatic N) is 3. The number of benzene rings is 2. The lowest BCUT2D eigenvalue weighted by atomic mass is 9.90. The molecule has 4 heterocycles. The van der Waals surface area contributed by atoms with Crippen molar-refractivity contribution < 1.29 is 42.3 Å². The van der Waals surface area contributed by atoms with Gasteiger partial charge in [-0.25, -0.2) is 0 Å². The highest BCUT2D eigenvalue weighted by molar-refractivity contribution is 7.52. The van der Waals surface area contributed by atoms with Gasteiger partial charge in [0.15, 0.2) is 0 Å². The maximum Gasteiger partial charge on any atom is 0.399 e. The minimum absolute atomic E-state index is 0.0803. The number of thiophene rings is 1. The summed E-state index contributed by atoms with van der Waals surface area (Å²) >= 11 is 0.963. The summed E-state index contributed by atoms with van der Waals surface area (Å²) in [6.45, 7) is 2.78. The molecule has 3 aliphatic heterocycles. The predicted molar refractivity (Wildman–Crippen MR) is 175 cm³/mol. The van der Waals surface area contributed by atoms with Crippen molar-refractivity contribution in [2.75, 3.05) is 26.2 Å². The van der Waals surface area contributed by atoms with E-state index in [1.54, 1.807) is 4.90 Å². The molecule has 4 amide bonds. The Hall–Kier alpha value is -3.71. The van der Waals surface area contributed by atoms with E-state index in [1.807, 2.05) is 23.1 Å². The van der Waals surface area contributed by atoms with Crippen LogP contribution < -0.4 is 5.32 Å². The molecule has 2 aromatic carbocycles. The van der Waals surface area contributed by atoms with Crippen LogP contribution in [-0.4, -0.2) is 92.4 Å². The van der Waals surface area contributed by atoms with Crippen LogP contribution in [0.5, 0.6) is 0 Å². The van der Waals surface area contributed by atoms with E-state index in [4.69, 9.17) is 9.79 Å². The zero-order valence-electron chi connectivity index (χ0n) is 26.3. The molecule has 3 aliphatic rings. The van der Waals surface area contributed by atoms with Crippen molar-refractivity contribution in [2.45, 2.75) is 68.7 Å². The highest BCUT2D eigenvalue weighted by Crippen LogP contribution is 2.59. The fourth-order valence-electron chi connectivity index (χ4n) is 7.14. The lowest BCUT2D eigenvalue weighted by Crippen LogP contribution is -2.61. The highest BCUT2D eigenvalue weighted by Gasteiger charge is 2.50. The Morgan fingerprint density at radius 2 is 1.71 bits per heavy atom. The molecule has 0 aliphatic carbocycles. The third-order valence-corrected chi connectivity index (χ3v) is 11.8. The van der Waals surface area contributed by atoms with Crippen LogP contribution in [0.3, 0.4) is 0 Å². The zero-order valence-corrected chi connectivity index (χ0v) is 28.0. The molecule has 0 spiro atoms. The smallest absolute Gasteiger partial charge is 0.340 e. The van der Waals surface area contributed by atoms with Crippen LogP contribution in [0.1, 0.15) is 65.7 Å². The molecule has 48 heavy (non-hydrogen) atoms. The fourth-order valence-corrected chi connectivity index (χ4v) is 8.56. The maximum atomic E-state index is 14.4. The molecular formula is C33H37F2N4O7PS. The van der Waals surface area contributed by atoms with Crippen LogP contribution in [0, 0.1) is 0 Å². The van der Waals surface area contributed by atoms with Crippen LogP contribution in [0.4, 0.5) is 8.78 Å². The molecule has 4 atom stereocenters. The van der Waals surface area contributed by atoms with Crippen molar-refractivity contribution in [3.8, 4) is 0 Å². The van der Waals surface area contributed by atoms with E-state index < -0.39 is 42.7 Å². The van der Waals surface area contributed by atoms with E-state index in [1.165, 1.54) is 29.5 Å². The van der Waals surface area contributed by atoms with Gasteiger partial charge < -0.3 is 29.8 Å². The number of nitrogens with one attached hydrogen (secondary N) is 1. The van der Waals surface area contributed by atoms with Gasteiger partial charge in [-0.2, -0.15) is 8.78 Å². The molecule has 11 nitrogen and oxygen atoms in total. The van der Waals surface area contributed by atoms with Crippen LogP contribution in [-0.2, 0) is 24.6 Å². The molecule has 3 saturated heterocycles. The van der Waals surface area contributed by atoms with Crippen molar-refractivity contribution in [1.29, 1.82) is 0 Å². The van der Waals surface area contributed by atoms with Gasteiger partial charge in [0.2, 0.25) is 17.7 Å². The largest absolute Gasteiger partial charge is 0.399 e. The van der Waals surface area contributed by atoms with E-state index in [0.717, 1.165) is 36.3 Å². The Kier molecular flexibility index (Phi) is 9.47. The summed E-state index contributed by atoms with van der Waals surface area (Å²) < 4.78 is 40.5. The predicted octanol–water partition coefficient (Wildman–Crippen LogP) is 4.24. The summed E-state index contributed by atoms with van der Waals surface area (Å²) in [4.78, 5) is 77.7. The van der Waals surface area contributed by atoms with Gasteiger partial charge in [-0.1, -0.05) is 36.4 Å². The third-order valence-electron chi connectivity index (χ3n) is 9.68. The SMILES string of the molecule is CC(=O)N1CC[C@H]2CC[C@@H](C(=O)N3CCC[C@@H](c4ccccc4)C3)N2C(=O)[C@@H](NC(=O)c2cc3cc(C(F)(F)P(=O)(O)O)ccc3s2)C1. The molecule has 0 radical (unpaired) electrons. The first-order valence-electron chi connectivity index (χ1n) is 15.9. The van der Waals surface area contributed by atoms with Gasteiger partial charge in [0.25, 0.3) is 5.91 Å². The van der Waals surface area contributed by atoms with Crippen molar-refractivity contribution in [1.82, 2.24) is 20.0 Å². The number of fused-ring (bicyclic) bond motifs is 2. The molecule has 15 heteroatoms. The summed E-state index contributed by atoms with van der Waals surface area (Å²) in [6, 6.07) is 12.3. The quantitative estimate of drug-likeness (QED) is 0.326. The second kappa shape index (κ2) is 13.3. The number of alkyl halides is 2. The molecule has 1 aromatic heterocycles. The van der Waals surface area contributed by atoms with Gasteiger partial charge in [-0.3, -0.25) is 23.7 Å². The molecule has 0 saturated carbocycles. The first-order chi connectivity index (χ1) is 22.7. The van der Waals surface area contributed by atoms with E-state index in [9.17, 15) is 32.5 Å². The van der Waals surface area contributed by atoms with E-state index in [-0.39, 0.29) is 40.6 Å². The maximum absolute atomic E-state index is 14.4. The van der Waals surface area contributed by atoms with E-state index >= 15 is 0 Å². The summed E-state index contributed by atoms with van der Waals surface area (Å²) in [6.07, 6.45) is 3.36. The van der Waals surface area contributed by atoms with Crippen LogP contribution in [0.2, 0.25) is 0 Å². The Labute approximate surface area is 280 Å². The molecule has 256 valence electrons. The number of carbonyl (C=O) groups excluding carboxylic acids is 4. The zero-order chi connectivity index (χ0) is 34.4. The monoisotopic (exact) mass is 702 g/mol. The lowest BCUT2D eigenvalue weighted by Gasteiger charge is -2.40. The first kappa shape index (κ1) is 34.2. The topological polar surface area (TPSA) is 148 Å². The number of hydrogen-bond donors (Lipinski definition) is 3. The average Bonchev–Trinajstić information content (AvgIpc) is 3.68. The minimum atomic E-state index is -5.79. The number of hydrogen-bond acceptors (Lipinski definition) is 6. The number of rotatable bonds is 6. The molecule has 6 rings (SSSR count). The minimum Gasteiger partial charge on any atom is -0.340 e. The second-order valence-corrected chi connectivity index (χ2v) is 15.5. The standard InChI is InChI=1S/C33H37F2N4O7PS/c1-20(40)37-15-13-25-10-11-27(32(43)38-14-5-8-22(18-38)21-6-3-2-4-7-21)39(25)31(42)26(19-37)36-30(41)29-17-23-16-24(9-12-28(23)48-29)33(34,35)47(44,45)46/h2-4,6-7,9,12,16-17,22,25-27H,5,8,10-11,13-15,18-19H2,1H3,(H,36,41)(H2,44,45,46)/t22-,25-,26+,27+/m1/s1. The van der Waals surface area contributed by atoms with Crippen LogP contribution >= 0.6 is 18.9 Å². The van der Waals surface area contributed by atoms with Gasteiger partial charge in [0.05, 0.1) is 4.88 Å². The Morgan fingerprint density at radius 3 is 2.42 bits per heavy atom. The molecule has 0 unspecified atom stereocenters. The molecule has 3 fully saturated rings. The van der Waals surface area contributed by atoms with Gasteiger partial charge in [0.1, 0.15) is 12.1 Å². The Morgan fingerprint density at radius 1 is 0.958 bits per heavy atom. The normalized spacial score (nSPS) is 23.9. The van der Waals surface area contributed by atoms with Gasteiger partial charge in [0, 0.05) is 55.3 Å². The molecule has 3 aromatic rings. The Balaban J connectivity index is 1.23. The van der Waals surface area contributed by atoms with Gasteiger partial charge in [-0.15, -0.1) is 11.3 Å². The van der Waals surface area contributed by atoms with Crippen molar-refractivity contribution >= 4 is 52.6 Å². The summed E-state index contributed by atoms with van der Waals surface area (Å²) in [5, 5.41) is 2.91. The molecular weight excluding hydrogens is 665 g/mol. The third kappa shape index (κ3) is 6.63. The second-order valence-electron chi connectivity index (χ2n) is 12.8. The summed E-state index contributed by atoms with van der Waals surface area (Å²) in [5.41, 5.74) is -4.13.